The van der Waals surface area contributed by atoms with Gasteiger partial charge >= 0.3 is 0 Å². The molecule has 57 heavy (non-hydrogen) atoms. The SMILES string of the molecule is c1ccc(-c2cc(-c3ccc(-c4cccc5c4nc(-c4ccccc4)c4ccc6sc7ccccc7c6c45)cc3)nc(-c3ccccc3-c3ccccc3)n2)cc1. The predicted octanol–water partition coefficient (Wildman–Crippen LogP) is 14.5. The van der Waals surface area contributed by atoms with Gasteiger partial charge in [0, 0.05) is 64.1 Å². The fourth-order valence-electron chi connectivity index (χ4n) is 8.22. The van der Waals surface area contributed by atoms with E-state index in [2.05, 4.69) is 188 Å². The molecule has 3 aromatic heterocycles. The van der Waals surface area contributed by atoms with Crippen LogP contribution >= 0.6 is 11.3 Å². The second kappa shape index (κ2) is 13.8. The normalized spacial score (nSPS) is 11.5. The molecular weight excluding hydrogens is 711 g/mol. The summed E-state index contributed by atoms with van der Waals surface area (Å²) in [5.74, 6) is 0.695. The molecule has 266 valence electrons. The zero-order chi connectivity index (χ0) is 37.7. The molecule has 0 aliphatic rings. The highest BCUT2D eigenvalue weighted by molar-refractivity contribution is 7.26. The highest BCUT2D eigenvalue weighted by Gasteiger charge is 2.19. The molecule has 0 amide bonds. The monoisotopic (exact) mass is 743 g/mol. The Morgan fingerprint density at radius 3 is 1.60 bits per heavy atom. The predicted molar refractivity (Wildman–Crippen MR) is 240 cm³/mol. The van der Waals surface area contributed by atoms with Crippen molar-refractivity contribution in [3.8, 4) is 67.4 Å². The summed E-state index contributed by atoms with van der Waals surface area (Å²) in [6, 6.07) is 70.6. The third kappa shape index (κ3) is 5.78. The molecule has 0 saturated heterocycles. The number of fused-ring (bicyclic) bond motifs is 7. The van der Waals surface area contributed by atoms with Crippen LogP contribution in [0.3, 0.4) is 0 Å². The number of nitrogens with zero attached hydrogens (tertiary/aromatic N) is 3. The maximum atomic E-state index is 5.51. The second-order valence-corrected chi connectivity index (χ2v) is 15.4. The molecule has 0 aliphatic heterocycles. The zero-order valence-corrected chi connectivity index (χ0v) is 31.6. The van der Waals surface area contributed by atoms with E-state index in [1.807, 2.05) is 23.5 Å². The second-order valence-electron chi connectivity index (χ2n) is 14.3. The van der Waals surface area contributed by atoms with Crippen LogP contribution in [0, 0.1) is 0 Å². The summed E-state index contributed by atoms with van der Waals surface area (Å²) in [7, 11) is 0. The van der Waals surface area contributed by atoms with Crippen molar-refractivity contribution in [2.75, 3.05) is 0 Å². The first-order chi connectivity index (χ1) is 28.3. The summed E-state index contributed by atoms with van der Waals surface area (Å²) in [5.41, 5.74) is 12.3. The smallest absolute Gasteiger partial charge is 0.161 e. The van der Waals surface area contributed by atoms with Gasteiger partial charge in [-0.3, -0.25) is 0 Å². The molecule has 4 heteroatoms. The van der Waals surface area contributed by atoms with E-state index in [0.29, 0.717) is 5.82 Å². The van der Waals surface area contributed by atoms with Crippen molar-refractivity contribution in [2.45, 2.75) is 0 Å². The maximum absolute atomic E-state index is 5.51. The van der Waals surface area contributed by atoms with Crippen LogP contribution in [0.25, 0.3) is 109 Å². The minimum absolute atomic E-state index is 0.695. The lowest BCUT2D eigenvalue weighted by molar-refractivity contribution is 1.18. The van der Waals surface area contributed by atoms with Gasteiger partial charge in [0.2, 0.25) is 0 Å². The van der Waals surface area contributed by atoms with E-state index in [9.17, 15) is 0 Å². The summed E-state index contributed by atoms with van der Waals surface area (Å²) >= 11 is 1.85. The van der Waals surface area contributed by atoms with Crippen molar-refractivity contribution in [1.82, 2.24) is 15.0 Å². The molecule has 0 saturated carbocycles. The Morgan fingerprint density at radius 1 is 0.316 bits per heavy atom. The summed E-state index contributed by atoms with van der Waals surface area (Å²) in [6.07, 6.45) is 0. The molecule has 0 N–H and O–H groups in total. The van der Waals surface area contributed by atoms with E-state index < -0.39 is 0 Å². The number of aromatic nitrogens is 3. The average Bonchev–Trinajstić information content (AvgIpc) is 3.68. The van der Waals surface area contributed by atoms with E-state index in [4.69, 9.17) is 15.0 Å². The number of para-hydroxylation sites is 1. The van der Waals surface area contributed by atoms with Crippen LogP contribution in [0.5, 0.6) is 0 Å². The first-order valence-corrected chi connectivity index (χ1v) is 20.0. The minimum Gasteiger partial charge on any atom is -0.246 e. The topological polar surface area (TPSA) is 38.7 Å². The molecule has 0 fully saturated rings. The largest absolute Gasteiger partial charge is 0.246 e. The number of pyridine rings is 1. The molecule has 0 bridgehead atoms. The molecule has 3 heterocycles. The fourth-order valence-corrected chi connectivity index (χ4v) is 9.33. The van der Waals surface area contributed by atoms with Gasteiger partial charge in [-0.1, -0.05) is 182 Å². The average molecular weight is 744 g/mol. The molecular formula is C53H33N3S. The Kier molecular flexibility index (Phi) is 8.01. The van der Waals surface area contributed by atoms with E-state index >= 15 is 0 Å². The van der Waals surface area contributed by atoms with Crippen molar-refractivity contribution < 1.29 is 0 Å². The Hall–Kier alpha value is -7.27. The van der Waals surface area contributed by atoms with Gasteiger partial charge in [0.1, 0.15) is 0 Å². The zero-order valence-electron chi connectivity index (χ0n) is 30.8. The van der Waals surface area contributed by atoms with Crippen LogP contribution in [0.1, 0.15) is 0 Å². The van der Waals surface area contributed by atoms with Crippen LogP contribution in [0.4, 0.5) is 0 Å². The van der Waals surface area contributed by atoms with E-state index in [1.54, 1.807) is 0 Å². The van der Waals surface area contributed by atoms with Crippen LogP contribution < -0.4 is 0 Å². The van der Waals surface area contributed by atoms with Crippen molar-refractivity contribution >= 4 is 53.2 Å². The highest BCUT2D eigenvalue weighted by atomic mass is 32.1. The van der Waals surface area contributed by atoms with Crippen LogP contribution in [0.2, 0.25) is 0 Å². The van der Waals surface area contributed by atoms with Crippen molar-refractivity contribution in [3.63, 3.8) is 0 Å². The first-order valence-electron chi connectivity index (χ1n) is 19.2. The van der Waals surface area contributed by atoms with Gasteiger partial charge in [-0.2, -0.15) is 0 Å². The summed E-state index contributed by atoms with van der Waals surface area (Å²) in [4.78, 5) is 15.9. The fraction of sp³-hybridized carbons (Fsp3) is 0. The molecule has 0 radical (unpaired) electrons. The van der Waals surface area contributed by atoms with Crippen molar-refractivity contribution in [2.24, 2.45) is 0 Å². The summed E-state index contributed by atoms with van der Waals surface area (Å²) in [5, 5.41) is 6.16. The van der Waals surface area contributed by atoms with E-state index in [0.717, 1.165) is 72.5 Å². The molecule has 0 spiro atoms. The van der Waals surface area contributed by atoms with Gasteiger partial charge in [0.25, 0.3) is 0 Å². The van der Waals surface area contributed by atoms with E-state index in [1.165, 1.54) is 30.9 Å². The molecule has 0 aliphatic carbocycles. The lowest BCUT2D eigenvalue weighted by atomic mass is 9.93. The Morgan fingerprint density at radius 2 is 0.860 bits per heavy atom. The first kappa shape index (κ1) is 33.1. The van der Waals surface area contributed by atoms with Crippen LogP contribution in [-0.2, 0) is 0 Å². The minimum atomic E-state index is 0.695. The molecule has 0 atom stereocenters. The Balaban J connectivity index is 1.09. The number of hydrogen-bond donors (Lipinski definition) is 0. The van der Waals surface area contributed by atoms with Gasteiger partial charge in [-0.05, 0) is 34.9 Å². The molecule has 8 aromatic carbocycles. The Bertz CT molecular complexity index is 3260. The van der Waals surface area contributed by atoms with Gasteiger partial charge in [-0.25, -0.2) is 15.0 Å². The molecule has 11 aromatic rings. The number of benzene rings is 8. The number of rotatable bonds is 6. The molecule has 0 unspecified atom stereocenters. The summed E-state index contributed by atoms with van der Waals surface area (Å²) < 4.78 is 2.58. The van der Waals surface area contributed by atoms with Crippen molar-refractivity contribution in [1.29, 1.82) is 0 Å². The third-order valence-corrected chi connectivity index (χ3v) is 12.1. The van der Waals surface area contributed by atoms with Gasteiger partial charge in [-0.15, -0.1) is 11.3 Å². The quantitative estimate of drug-likeness (QED) is 0.159. The van der Waals surface area contributed by atoms with Crippen molar-refractivity contribution in [3.05, 3.63) is 200 Å². The summed E-state index contributed by atoms with van der Waals surface area (Å²) in [6.45, 7) is 0. The number of hydrogen-bond acceptors (Lipinski definition) is 4. The van der Waals surface area contributed by atoms with Gasteiger partial charge in [0.15, 0.2) is 5.82 Å². The molecule has 3 nitrogen and oxygen atoms in total. The van der Waals surface area contributed by atoms with Crippen LogP contribution in [-0.4, -0.2) is 15.0 Å². The van der Waals surface area contributed by atoms with Gasteiger partial charge in [0.05, 0.1) is 22.6 Å². The molecule has 11 rings (SSSR count). The lowest BCUT2D eigenvalue weighted by Gasteiger charge is -2.15. The maximum Gasteiger partial charge on any atom is 0.161 e. The van der Waals surface area contributed by atoms with Crippen LogP contribution in [0.15, 0.2) is 200 Å². The highest BCUT2D eigenvalue weighted by Crippen LogP contribution is 2.45. The van der Waals surface area contributed by atoms with Gasteiger partial charge < -0.3 is 0 Å². The third-order valence-electron chi connectivity index (χ3n) is 10.9. The standard InChI is InChI=1S/C53H33N3S/c1-4-15-34(16-5-1)39-21-10-11-22-41(39)53-54-45(36-17-6-2-7-18-36)33-46(55-53)37-29-27-35(28-30-37)40-24-14-25-43-49-44(51(56-52(40)43)38-19-8-3-9-20-38)31-32-48-50(49)42-23-12-13-26-47(42)57-48/h1-33H. The lowest BCUT2D eigenvalue weighted by Crippen LogP contribution is -1.97. The number of thiophene rings is 1. The van der Waals surface area contributed by atoms with E-state index in [-0.39, 0.29) is 0 Å². The Labute approximate surface area is 334 Å².